The van der Waals surface area contributed by atoms with E-state index in [-0.39, 0.29) is 24.0 Å². The van der Waals surface area contributed by atoms with E-state index < -0.39 is 23.9 Å². The minimum Gasteiger partial charge on any atom is -0.481 e. The molecule has 0 unspecified atom stereocenters. The van der Waals surface area contributed by atoms with Crippen LogP contribution in [0.4, 0.5) is 0 Å². The summed E-state index contributed by atoms with van der Waals surface area (Å²) in [6.45, 7) is 0. The standard InChI is InChI=1S/C20H18O7/c21-17(22)11-5-13-1-7-15(8-2-13)19(25)27-20(26)16-9-3-14(4-10-16)6-12-18(23)24/h1-4,7-10H,5-6,11-12H2,(H,21,22)(H,23,24). The minimum absolute atomic E-state index is 0.00919. The second-order valence-corrected chi connectivity index (χ2v) is 5.86. The summed E-state index contributed by atoms with van der Waals surface area (Å²) in [5.41, 5.74) is 1.88. The molecule has 0 aliphatic heterocycles. The van der Waals surface area contributed by atoms with Crippen molar-refractivity contribution >= 4 is 23.9 Å². The molecule has 0 aliphatic rings. The van der Waals surface area contributed by atoms with Gasteiger partial charge >= 0.3 is 23.9 Å². The van der Waals surface area contributed by atoms with Gasteiger partial charge in [0, 0.05) is 12.8 Å². The van der Waals surface area contributed by atoms with E-state index in [1.54, 1.807) is 24.3 Å². The molecule has 7 heteroatoms. The third-order valence-electron chi connectivity index (χ3n) is 3.82. The van der Waals surface area contributed by atoms with Crippen molar-refractivity contribution in [3.8, 4) is 0 Å². The first-order valence-corrected chi connectivity index (χ1v) is 8.23. The Balaban J connectivity index is 1.93. The predicted octanol–water partition coefficient (Wildman–Crippen LogP) is 2.72. The van der Waals surface area contributed by atoms with Crippen LogP contribution in [0.1, 0.15) is 44.7 Å². The Morgan fingerprint density at radius 3 is 1.26 bits per heavy atom. The number of benzene rings is 2. The molecular formula is C20H18O7. The Bertz CT molecular complexity index is 764. The SMILES string of the molecule is O=C(O)CCc1ccc(C(=O)OC(=O)c2ccc(CCC(=O)O)cc2)cc1. The average molecular weight is 370 g/mol. The molecule has 0 saturated carbocycles. The van der Waals surface area contributed by atoms with Crippen LogP contribution < -0.4 is 0 Å². The largest absolute Gasteiger partial charge is 0.481 e. The average Bonchev–Trinajstić information content (AvgIpc) is 2.65. The molecule has 0 radical (unpaired) electrons. The summed E-state index contributed by atoms with van der Waals surface area (Å²) in [6.07, 6.45) is 0.672. The molecule has 0 atom stereocenters. The Morgan fingerprint density at radius 1 is 0.630 bits per heavy atom. The van der Waals surface area contributed by atoms with Crippen LogP contribution in [-0.2, 0) is 27.2 Å². The van der Waals surface area contributed by atoms with Crippen molar-refractivity contribution < 1.29 is 34.1 Å². The molecule has 0 saturated heterocycles. The highest BCUT2D eigenvalue weighted by Crippen LogP contribution is 2.12. The van der Waals surface area contributed by atoms with E-state index in [1.165, 1.54) is 24.3 Å². The van der Waals surface area contributed by atoms with Gasteiger partial charge in [0.15, 0.2) is 0 Å². The first-order chi connectivity index (χ1) is 12.8. The van der Waals surface area contributed by atoms with E-state index in [9.17, 15) is 19.2 Å². The van der Waals surface area contributed by atoms with E-state index >= 15 is 0 Å². The Morgan fingerprint density at radius 2 is 0.963 bits per heavy atom. The fourth-order valence-electron chi connectivity index (χ4n) is 2.32. The van der Waals surface area contributed by atoms with Crippen LogP contribution in [0.5, 0.6) is 0 Å². The summed E-state index contributed by atoms with van der Waals surface area (Å²) in [7, 11) is 0. The third-order valence-corrected chi connectivity index (χ3v) is 3.82. The van der Waals surface area contributed by atoms with Crippen molar-refractivity contribution in [2.45, 2.75) is 25.7 Å². The Kier molecular flexibility index (Phi) is 6.82. The number of esters is 2. The van der Waals surface area contributed by atoms with Crippen molar-refractivity contribution in [3.05, 3.63) is 70.8 Å². The van der Waals surface area contributed by atoms with Gasteiger partial charge in [-0.2, -0.15) is 0 Å². The summed E-state index contributed by atoms with van der Waals surface area (Å²) in [5, 5.41) is 17.3. The van der Waals surface area contributed by atoms with E-state index in [4.69, 9.17) is 14.9 Å². The summed E-state index contributed by atoms with van der Waals surface area (Å²) in [6, 6.07) is 12.3. The van der Waals surface area contributed by atoms with Crippen LogP contribution in [0.25, 0.3) is 0 Å². The van der Waals surface area contributed by atoms with Gasteiger partial charge < -0.3 is 14.9 Å². The lowest BCUT2D eigenvalue weighted by Gasteiger charge is -2.05. The van der Waals surface area contributed by atoms with Gasteiger partial charge in [-0.15, -0.1) is 0 Å². The van der Waals surface area contributed by atoms with Crippen LogP contribution in [0, 0.1) is 0 Å². The number of aryl methyl sites for hydroxylation is 2. The molecule has 7 nitrogen and oxygen atoms in total. The molecule has 2 rings (SSSR count). The number of carbonyl (C=O) groups excluding carboxylic acids is 2. The summed E-state index contributed by atoms with van der Waals surface area (Å²) in [5.74, 6) is -3.42. The lowest BCUT2D eigenvalue weighted by molar-refractivity contribution is -0.138. The van der Waals surface area contributed by atoms with E-state index in [0.717, 1.165) is 11.1 Å². The van der Waals surface area contributed by atoms with Crippen LogP contribution >= 0.6 is 0 Å². The zero-order valence-corrected chi connectivity index (χ0v) is 14.4. The maximum absolute atomic E-state index is 12.0. The molecule has 0 aliphatic carbocycles. The maximum atomic E-state index is 12.0. The van der Waals surface area contributed by atoms with Crippen molar-refractivity contribution in [2.75, 3.05) is 0 Å². The normalized spacial score (nSPS) is 10.2. The summed E-state index contributed by atoms with van der Waals surface area (Å²) >= 11 is 0. The van der Waals surface area contributed by atoms with Gasteiger partial charge in [0.2, 0.25) is 0 Å². The van der Waals surface area contributed by atoms with Crippen molar-refractivity contribution in [2.24, 2.45) is 0 Å². The quantitative estimate of drug-likeness (QED) is 0.542. The van der Waals surface area contributed by atoms with Crippen molar-refractivity contribution in [1.82, 2.24) is 0 Å². The molecular weight excluding hydrogens is 352 g/mol. The molecule has 0 spiro atoms. The Labute approximate surface area is 155 Å². The first kappa shape index (κ1) is 19.8. The highest BCUT2D eigenvalue weighted by Gasteiger charge is 2.15. The van der Waals surface area contributed by atoms with Crippen LogP contribution in [0.3, 0.4) is 0 Å². The lowest BCUT2D eigenvalue weighted by Crippen LogP contribution is -2.13. The number of carboxylic acid groups (broad SMARTS) is 2. The van der Waals surface area contributed by atoms with Crippen molar-refractivity contribution in [1.29, 1.82) is 0 Å². The fraction of sp³-hybridized carbons (Fsp3) is 0.200. The van der Waals surface area contributed by atoms with Gasteiger partial charge in [0.05, 0.1) is 11.1 Å². The van der Waals surface area contributed by atoms with E-state index in [2.05, 4.69) is 0 Å². The second-order valence-electron chi connectivity index (χ2n) is 5.86. The zero-order chi connectivity index (χ0) is 19.8. The van der Waals surface area contributed by atoms with Crippen LogP contribution in [0.15, 0.2) is 48.5 Å². The molecule has 27 heavy (non-hydrogen) atoms. The molecule has 2 aromatic carbocycles. The Hall–Kier alpha value is -3.48. The summed E-state index contributed by atoms with van der Waals surface area (Å²) in [4.78, 5) is 45.2. The molecule has 0 amide bonds. The molecule has 2 aromatic rings. The number of hydrogen-bond donors (Lipinski definition) is 2. The van der Waals surface area contributed by atoms with Gasteiger partial charge in [-0.05, 0) is 48.2 Å². The maximum Gasteiger partial charge on any atom is 0.346 e. The zero-order valence-electron chi connectivity index (χ0n) is 14.4. The van der Waals surface area contributed by atoms with Crippen LogP contribution in [-0.4, -0.2) is 34.1 Å². The smallest absolute Gasteiger partial charge is 0.346 e. The highest BCUT2D eigenvalue weighted by molar-refractivity contribution is 6.02. The van der Waals surface area contributed by atoms with Crippen LogP contribution in [0.2, 0.25) is 0 Å². The number of carbonyl (C=O) groups is 4. The topological polar surface area (TPSA) is 118 Å². The van der Waals surface area contributed by atoms with Gasteiger partial charge in [-0.1, -0.05) is 24.3 Å². The lowest BCUT2D eigenvalue weighted by atomic mass is 10.1. The van der Waals surface area contributed by atoms with E-state index in [1.807, 2.05) is 0 Å². The third kappa shape index (κ3) is 6.39. The predicted molar refractivity (Wildman–Crippen MR) is 94.5 cm³/mol. The number of carboxylic acids is 2. The van der Waals surface area contributed by atoms with Gasteiger partial charge in [-0.3, -0.25) is 9.59 Å². The van der Waals surface area contributed by atoms with Gasteiger partial charge in [0.25, 0.3) is 0 Å². The number of aliphatic carboxylic acids is 2. The van der Waals surface area contributed by atoms with Gasteiger partial charge in [-0.25, -0.2) is 9.59 Å². The second kappa shape index (κ2) is 9.28. The number of ether oxygens (including phenoxy) is 1. The molecule has 2 N–H and O–H groups in total. The number of rotatable bonds is 8. The molecule has 0 bridgehead atoms. The van der Waals surface area contributed by atoms with E-state index in [0.29, 0.717) is 12.8 Å². The summed E-state index contributed by atoms with van der Waals surface area (Å²) < 4.78 is 4.83. The monoisotopic (exact) mass is 370 g/mol. The fourth-order valence-corrected chi connectivity index (χ4v) is 2.32. The van der Waals surface area contributed by atoms with Gasteiger partial charge in [0.1, 0.15) is 0 Å². The van der Waals surface area contributed by atoms with Crippen molar-refractivity contribution in [3.63, 3.8) is 0 Å². The molecule has 0 heterocycles. The highest BCUT2D eigenvalue weighted by atomic mass is 16.6. The first-order valence-electron chi connectivity index (χ1n) is 8.23. The minimum atomic E-state index is -0.905. The molecule has 0 fully saturated rings. The number of hydrogen-bond acceptors (Lipinski definition) is 5. The molecule has 140 valence electrons. The molecule has 0 aromatic heterocycles.